The molecular formula is C16H20N2O4. The van der Waals surface area contributed by atoms with Crippen molar-refractivity contribution in [2.24, 2.45) is 11.5 Å². The zero-order valence-electron chi connectivity index (χ0n) is 12.1. The van der Waals surface area contributed by atoms with Crippen molar-refractivity contribution in [3.63, 3.8) is 0 Å². The van der Waals surface area contributed by atoms with Gasteiger partial charge in [0.15, 0.2) is 0 Å². The van der Waals surface area contributed by atoms with Gasteiger partial charge < -0.3 is 21.7 Å². The first-order valence-corrected chi connectivity index (χ1v) is 6.45. The Bertz CT molecular complexity index is 493. The Balaban J connectivity index is 0.000000306. The molecule has 0 radical (unpaired) electrons. The smallest absolute Gasteiger partial charge is 0.414 e. The molecule has 0 spiro atoms. The van der Waals surface area contributed by atoms with Gasteiger partial charge in [0.1, 0.15) is 0 Å². The number of nitrogens with two attached hydrogens (primary N) is 2. The number of hydrogen-bond acceptors (Lipinski definition) is 4. The van der Waals surface area contributed by atoms with Crippen molar-refractivity contribution in [1.29, 1.82) is 0 Å². The van der Waals surface area contributed by atoms with E-state index in [9.17, 15) is 0 Å². The highest BCUT2D eigenvalue weighted by Crippen LogP contribution is 1.94. The first kappa shape index (κ1) is 19.3. The molecule has 2 aromatic rings. The van der Waals surface area contributed by atoms with Gasteiger partial charge in [0.2, 0.25) is 0 Å². The molecule has 0 atom stereocenters. The molecule has 0 unspecified atom stereocenters. The van der Waals surface area contributed by atoms with Crippen molar-refractivity contribution in [1.82, 2.24) is 0 Å². The minimum atomic E-state index is -1.82. The van der Waals surface area contributed by atoms with Crippen LogP contribution in [0.5, 0.6) is 0 Å². The maximum absolute atomic E-state index is 9.10. The van der Waals surface area contributed by atoms with E-state index in [1.807, 2.05) is 60.7 Å². The third-order valence-corrected chi connectivity index (χ3v) is 2.34. The largest absolute Gasteiger partial charge is 0.473 e. The fourth-order valence-corrected chi connectivity index (χ4v) is 1.23. The van der Waals surface area contributed by atoms with Crippen LogP contribution in [-0.4, -0.2) is 22.2 Å². The lowest BCUT2D eigenvalue weighted by Gasteiger charge is -1.90. The summed E-state index contributed by atoms with van der Waals surface area (Å²) in [5.74, 6) is -3.65. The number of carboxylic acid groups (broad SMARTS) is 2. The molecule has 0 aliphatic carbocycles. The maximum Gasteiger partial charge on any atom is 0.414 e. The molecule has 2 aromatic carbocycles. The van der Waals surface area contributed by atoms with Crippen molar-refractivity contribution < 1.29 is 19.8 Å². The van der Waals surface area contributed by atoms with Crippen molar-refractivity contribution in [3.05, 3.63) is 71.8 Å². The predicted molar refractivity (Wildman–Crippen MR) is 83.9 cm³/mol. The Morgan fingerprint density at radius 2 is 0.955 bits per heavy atom. The Morgan fingerprint density at radius 1 is 0.682 bits per heavy atom. The lowest BCUT2D eigenvalue weighted by atomic mass is 10.2. The maximum atomic E-state index is 9.10. The van der Waals surface area contributed by atoms with E-state index >= 15 is 0 Å². The van der Waals surface area contributed by atoms with Gasteiger partial charge in [0, 0.05) is 13.1 Å². The average Bonchev–Trinajstić information content (AvgIpc) is 2.57. The number of benzene rings is 2. The molecule has 0 saturated heterocycles. The molecule has 2 rings (SSSR count). The second-order valence-corrected chi connectivity index (χ2v) is 3.99. The van der Waals surface area contributed by atoms with Crippen LogP contribution in [0, 0.1) is 0 Å². The molecule has 0 fully saturated rings. The van der Waals surface area contributed by atoms with Gasteiger partial charge >= 0.3 is 11.9 Å². The molecule has 0 saturated carbocycles. The summed E-state index contributed by atoms with van der Waals surface area (Å²) < 4.78 is 0. The van der Waals surface area contributed by atoms with Crippen LogP contribution in [0.1, 0.15) is 11.1 Å². The van der Waals surface area contributed by atoms with Crippen molar-refractivity contribution in [2.45, 2.75) is 13.1 Å². The molecule has 118 valence electrons. The van der Waals surface area contributed by atoms with E-state index in [0.717, 1.165) is 0 Å². The van der Waals surface area contributed by atoms with Crippen molar-refractivity contribution in [3.8, 4) is 0 Å². The van der Waals surface area contributed by atoms with Crippen LogP contribution >= 0.6 is 0 Å². The van der Waals surface area contributed by atoms with Gasteiger partial charge in [-0.1, -0.05) is 60.7 Å². The standard InChI is InChI=1S/2C7H9N.C2H2O4/c2*8-6-7-4-2-1-3-5-7;3-1(4)2(5)6/h2*1-5H,6,8H2;(H,3,4)(H,5,6). The Kier molecular flexibility index (Phi) is 10.6. The van der Waals surface area contributed by atoms with Crippen molar-refractivity contribution >= 4 is 11.9 Å². The summed E-state index contributed by atoms with van der Waals surface area (Å²) in [6.45, 7) is 1.28. The summed E-state index contributed by atoms with van der Waals surface area (Å²) in [5.41, 5.74) is 13.1. The second kappa shape index (κ2) is 12.1. The lowest BCUT2D eigenvalue weighted by molar-refractivity contribution is -0.159. The number of carboxylic acids is 2. The van der Waals surface area contributed by atoms with E-state index in [0.29, 0.717) is 13.1 Å². The Labute approximate surface area is 129 Å². The number of carbonyl (C=O) groups is 2. The van der Waals surface area contributed by atoms with Crippen LogP contribution in [0.2, 0.25) is 0 Å². The van der Waals surface area contributed by atoms with Crippen molar-refractivity contribution in [2.75, 3.05) is 0 Å². The molecular weight excluding hydrogens is 284 g/mol. The fraction of sp³-hybridized carbons (Fsp3) is 0.125. The van der Waals surface area contributed by atoms with Crippen LogP contribution in [-0.2, 0) is 22.7 Å². The summed E-state index contributed by atoms with van der Waals surface area (Å²) in [7, 11) is 0. The van der Waals surface area contributed by atoms with E-state index in [-0.39, 0.29) is 0 Å². The van der Waals surface area contributed by atoms with Crippen LogP contribution in [0.25, 0.3) is 0 Å². The molecule has 0 aromatic heterocycles. The van der Waals surface area contributed by atoms with E-state index < -0.39 is 11.9 Å². The highest BCUT2D eigenvalue weighted by Gasteiger charge is 2.04. The van der Waals surface area contributed by atoms with Gasteiger partial charge in [0.25, 0.3) is 0 Å². The number of aliphatic carboxylic acids is 2. The molecule has 6 heteroatoms. The van der Waals surface area contributed by atoms with E-state index in [4.69, 9.17) is 31.3 Å². The fourth-order valence-electron chi connectivity index (χ4n) is 1.23. The van der Waals surface area contributed by atoms with Crippen LogP contribution in [0.3, 0.4) is 0 Å². The molecule has 0 aliphatic heterocycles. The second-order valence-electron chi connectivity index (χ2n) is 3.99. The molecule has 0 bridgehead atoms. The molecule has 22 heavy (non-hydrogen) atoms. The summed E-state index contributed by atoms with van der Waals surface area (Å²) in [4.78, 5) is 18.2. The lowest BCUT2D eigenvalue weighted by Crippen LogP contribution is -2.09. The van der Waals surface area contributed by atoms with Gasteiger partial charge in [0.05, 0.1) is 0 Å². The zero-order chi connectivity index (χ0) is 16.8. The van der Waals surface area contributed by atoms with E-state index in [2.05, 4.69) is 0 Å². The summed E-state index contributed by atoms with van der Waals surface area (Å²) in [5, 5.41) is 14.8. The monoisotopic (exact) mass is 304 g/mol. The topological polar surface area (TPSA) is 127 Å². The first-order valence-electron chi connectivity index (χ1n) is 6.45. The molecule has 0 amide bonds. The number of hydrogen-bond donors (Lipinski definition) is 4. The third-order valence-electron chi connectivity index (χ3n) is 2.34. The van der Waals surface area contributed by atoms with Crippen LogP contribution in [0.4, 0.5) is 0 Å². The summed E-state index contributed by atoms with van der Waals surface area (Å²) >= 11 is 0. The van der Waals surface area contributed by atoms with Gasteiger partial charge in [-0.25, -0.2) is 9.59 Å². The SMILES string of the molecule is NCc1ccccc1.NCc1ccccc1.O=C(O)C(=O)O. The first-order chi connectivity index (χ1) is 10.5. The Hall–Kier alpha value is -2.70. The van der Waals surface area contributed by atoms with Gasteiger partial charge in [-0.05, 0) is 11.1 Å². The normalized spacial score (nSPS) is 8.64. The average molecular weight is 304 g/mol. The van der Waals surface area contributed by atoms with E-state index in [1.54, 1.807) is 0 Å². The minimum Gasteiger partial charge on any atom is -0.473 e. The molecule has 0 heterocycles. The Morgan fingerprint density at radius 3 is 1.09 bits per heavy atom. The minimum absolute atomic E-state index is 0.640. The van der Waals surface area contributed by atoms with Gasteiger partial charge in [-0.2, -0.15) is 0 Å². The highest BCUT2D eigenvalue weighted by atomic mass is 16.4. The predicted octanol–water partition coefficient (Wildman–Crippen LogP) is 1.45. The van der Waals surface area contributed by atoms with E-state index in [1.165, 1.54) is 11.1 Å². The zero-order valence-corrected chi connectivity index (χ0v) is 12.1. The van der Waals surface area contributed by atoms with Gasteiger partial charge in [-0.15, -0.1) is 0 Å². The summed E-state index contributed by atoms with van der Waals surface area (Å²) in [6.07, 6.45) is 0. The highest BCUT2D eigenvalue weighted by molar-refractivity contribution is 6.27. The quantitative estimate of drug-likeness (QED) is 0.622. The third kappa shape index (κ3) is 10.1. The number of rotatable bonds is 2. The van der Waals surface area contributed by atoms with Gasteiger partial charge in [-0.3, -0.25) is 0 Å². The molecule has 0 aliphatic rings. The summed E-state index contributed by atoms with van der Waals surface area (Å²) in [6, 6.07) is 20.0. The molecule has 6 N–H and O–H groups in total. The molecule has 6 nitrogen and oxygen atoms in total. The van der Waals surface area contributed by atoms with Crippen LogP contribution in [0.15, 0.2) is 60.7 Å². The van der Waals surface area contributed by atoms with Crippen LogP contribution < -0.4 is 11.5 Å².